The number of hydrogen-bond donors (Lipinski definition) is 2. The van der Waals surface area contributed by atoms with Crippen LogP contribution in [0.5, 0.6) is 0 Å². The van der Waals surface area contributed by atoms with Crippen LogP contribution in [0.2, 0.25) is 0 Å². The summed E-state index contributed by atoms with van der Waals surface area (Å²) in [5.74, 6) is 5.61. The third-order valence-electron chi connectivity index (χ3n) is 4.11. The van der Waals surface area contributed by atoms with Crippen LogP contribution in [-0.2, 0) is 0 Å². The molecule has 1 saturated heterocycles. The minimum Gasteiger partial charge on any atom is -0.337 e. The van der Waals surface area contributed by atoms with Gasteiger partial charge in [0.1, 0.15) is 5.69 Å². The summed E-state index contributed by atoms with van der Waals surface area (Å²) in [6.45, 7) is 6.06. The number of hydrazine groups is 1. The molecule has 0 saturated carbocycles. The van der Waals surface area contributed by atoms with Gasteiger partial charge in [0.25, 0.3) is 5.91 Å². The van der Waals surface area contributed by atoms with Gasteiger partial charge in [0.15, 0.2) is 5.82 Å². The number of anilines is 1. The number of nitrogens with one attached hydrogen (secondary N) is 1. The van der Waals surface area contributed by atoms with Crippen LogP contribution in [0.1, 0.15) is 43.6 Å². The van der Waals surface area contributed by atoms with Gasteiger partial charge in [-0.2, -0.15) is 0 Å². The molecule has 19 heavy (non-hydrogen) atoms. The van der Waals surface area contributed by atoms with Crippen molar-refractivity contribution in [3.63, 3.8) is 0 Å². The number of nitrogens with two attached hydrogens (primary N) is 1. The molecule has 0 spiro atoms. The first-order valence-corrected chi connectivity index (χ1v) is 6.66. The van der Waals surface area contributed by atoms with Crippen molar-refractivity contribution >= 4 is 11.7 Å². The van der Waals surface area contributed by atoms with Crippen LogP contribution in [0.15, 0.2) is 12.4 Å². The monoisotopic (exact) mass is 263 g/mol. The molecule has 0 atom stereocenters. The number of aromatic nitrogens is 2. The van der Waals surface area contributed by atoms with E-state index in [0.29, 0.717) is 16.9 Å². The molecule has 1 amide bonds. The van der Waals surface area contributed by atoms with E-state index in [2.05, 4.69) is 29.2 Å². The Morgan fingerprint density at radius 3 is 2.74 bits per heavy atom. The van der Waals surface area contributed by atoms with E-state index in [1.807, 2.05) is 4.90 Å². The number of nitrogen functional groups attached to an aromatic ring is 1. The van der Waals surface area contributed by atoms with Gasteiger partial charge in [-0.05, 0) is 18.3 Å². The first-order chi connectivity index (χ1) is 9.08. The van der Waals surface area contributed by atoms with Crippen LogP contribution in [0.25, 0.3) is 0 Å². The van der Waals surface area contributed by atoms with Crippen LogP contribution in [0, 0.1) is 5.41 Å². The van der Waals surface area contributed by atoms with Gasteiger partial charge in [0.2, 0.25) is 0 Å². The Morgan fingerprint density at radius 1 is 1.47 bits per heavy atom. The molecule has 1 fully saturated rings. The first-order valence-electron chi connectivity index (χ1n) is 6.66. The topological polar surface area (TPSA) is 84.1 Å². The average molecular weight is 263 g/mol. The van der Waals surface area contributed by atoms with Gasteiger partial charge in [0, 0.05) is 13.1 Å². The Bertz CT molecular complexity index is 454. The average Bonchev–Trinajstić information content (AvgIpc) is 2.47. The van der Waals surface area contributed by atoms with Crippen molar-refractivity contribution in [2.75, 3.05) is 18.5 Å². The Morgan fingerprint density at radius 2 is 2.16 bits per heavy atom. The fourth-order valence-corrected chi connectivity index (χ4v) is 2.30. The van der Waals surface area contributed by atoms with Crippen molar-refractivity contribution in [2.45, 2.75) is 33.1 Å². The summed E-state index contributed by atoms with van der Waals surface area (Å²) in [5.41, 5.74) is 3.11. The maximum atomic E-state index is 12.3. The molecule has 0 bridgehead atoms. The summed E-state index contributed by atoms with van der Waals surface area (Å²) in [6.07, 6.45) is 6.20. The molecule has 2 heterocycles. The van der Waals surface area contributed by atoms with Crippen LogP contribution in [-0.4, -0.2) is 33.9 Å². The van der Waals surface area contributed by atoms with Crippen molar-refractivity contribution in [1.82, 2.24) is 14.9 Å². The van der Waals surface area contributed by atoms with Gasteiger partial charge >= 0.3 is 0 Å². The molecule has 0 unspecified atom stereocenters. The summed E-state index contributed by atoms with van der Waals surface area (Å²) < 4.78 is 0. The molecule has 6 heteroatoms. The standard InChI is InChI=1S/C13H21N5O/c1-3-13(2)4-6-18(7-5-13)12(19)10-8-15-9-11(16-10)17-14/h8-9H,3-7,14H2,1-2H3,(H,16,17). The lowest BCUT2D eigenvalue weighted by atomic mass is 9.78. The highest BCUT2D eigenvalue weighted by molar-refractivity contribution is 5.92. The number of likely N-dealkylation sites (tertiary alicyclic amines) is 1. The lowest BCUT2D eigenvalue weighted by Crippen LogP contribution is -2.42. The third kappa shape index (κ3) is 3.01. The van der Waals surface area contributed by atoms with Gasteiger partial charge in [-0.15, -0.1) is 0 Å². The Kier molecular flexibility index (Phi) is 3.99. The van der Waals surface area contributed by atoms with Gasteiger partial charge in [-0.25, -0.2) is 10.8 Å². The normalized spacial score (nSPS) is 18.2. The highest BCUT2D eigenvalue weighted by Crippen LogP contribution is 2.34. The van der Waals surface area contributed by atoms with Crippen molar-refractivity contribution in [2.24, 2.45) is 11.3 Å². The van der Waals surface area contributed by atoms with E-state index in [9.17, 15) is 4.79 Å². The summed E-state index contributed by atoms with van der Waals surface area (Å²) in [7, 11) is 0. The number of amides is 1. The molecule has 1 aromatic rings. The van der Waals surface area contributed by atoms with Crippen molar-refractivity contribution < 1.29 is 4.79 Å². The number of hydrogen-bond acceptors (Lipinski definition) is 5. The fraction of sp³-hybridized carbons (Fsp3) is 0.615. The van der Waals surface area contributed by atoms with Gasteiger partial charge < -0.3 is 10.3 Å². The van der Waals surface area contributed by atoms with Crippen molar-refractivity contribution in [3.8, 4) is 0 Å². The molecule has 1 aliphatic rings. The lowest BCUT2D eigenvalue weighted by Gasteiger charge is -2.38. The van der Waals surface area contributed by atoms with Crippen molar-refractivity contribution in [3.05, 3.63) is 18.1 Å². The van der Waals surface area contributed by atoms with E-state index < -0.39 is 0 Å². The second kappa shape index (κ2) is 5.52. The molecule has 0 radical (unpaired) electrons. The van der Waals surface area contributed by atoms with Gasteiger partial charge in [0.05, 0.1) is 12.4 Å². The predicted octanol–water partition coefficient (Wildman–Crippen LogP) is 1.41. The van der Waals surface area contributed by atoms with Gasteiger partial charge in [-0.3, -0.25) is 9.78 Å². The predicted molar refractivity (Wildman–Crippen MR) is 73.4 cm³/mol. The molecule has 0 aromatic carbocycles. The van der Waals surface area contributed by atoms with Crippen LogP contribution >= 0.6 is 0 Å². The number of carbonyl (C=O) groups excluding carboxylic acids is 1. The van der Waals surface area contributed by atoms with E-state index in [1.54, 1.807) is 0 Å². The summed E-state index contributed by atoms with van der Waals surface area (Å²) in [4.78, 5) is 22.3. The quantitative estimate of drug-likeness (QED) is 0.636. The molecular formula is C13H21N5O. The summed E-state index contributed by atoms with van der Waals surface area (Å²) >= 11 is 0. The second-order valence-corrected chi connectivity index (χ2v) is 5.39. The number of piperidine rings is 1. The van der Waals surface area contributed by atoms with Crippen LogP contribution in [0.3, 0.4) is 0 Å². The van der Waals surface area contributed by atoms with E-state index in [1.165, 1.54) is 12.4 Å². The number of carbonyl (C=O) groups is 1. The Balaban J connectivity index is 2.05. The van der Waals surface area contributed by atoms with E-state index in [-0.39, 0.29) is 5.91 Å². The molecule has 1 aromatic heterocycles. The summed E-state index contributed by atoms with van der Waals surface area (Å²) in [5, 5.41) is 0. The maximum absolute atomic E-state index is 12.3. The molecule has 0 aliphatic carbocycles. The number of nitrogens with zero attached hydrogens (tertiary/aromatic N) is 3. The Hall–Kier alpha value is -1.69. The van der Waals surface area contributed by atoms with Crippen molar-refractivity contribution in [1.29, 1.82) is 0 Å². The minimum atomic E-state index is -0.0669. The number of rotatable bonds is 3. The van der Waals surface area contributed by atoms with Crippen LogP contribution < -0.4 is 11.3 Å². The second-order valence-electron chi connectivity index (χ2n) is 5.39. The fourth-order valence-electron chi connectivity index (χ4n) is 2.30. The first kappa shape index (κ1) is 13.7. The SMILES string of the molecule is CCC1(C)CCN(C(=O)c2cncc(NN)n2)CC1. The summed E-state index contributed by atoms with van der Waals surface area (Å²) in [6, 6.07) is 0. The minimum absolute atomic E-state index is 0.0669. The third-order valence-corrected chi connectivity index (χ3v) is 4.11. The zero-order chi connectivity index (χ0) is 13.9. The van der Waals surface area contributed by atoms with E-state index in [4.69, 9.17) is 5.84 Å². The maximum Gasteiger partial charge on any atom is 0.274 e. The molecule has 6 nitrogen and oxygen atoms in total. The zero-order valence-corrected chi connectivity index (χ0v) is 11.5. The van der Waals surface area contributed by atoms with E-state index >= 15 is 0 Å². The van der Waals surface area contributed by atoms with E-state index in [0.717, 1.165) is 32.4 Å². The molecule has 2 rings (SSSR count). The highest BCUT2D eigenvalue weighted by Gasteiger charge is 2.31. The lowest BCUT2D eigenvalue weighted by molar-refractivity contribution is 0.0594. The molecule has 104 valence electrons. The molecule has 3 N–H and O–H groups in total. The zero-order valence-electron chi connectivity index (χ0n) is 11.5. The smallest absolute Gasteiger partial charge is 0.274 e. The highest BCUT2D eigenvalue weighted by atomic mass is 16.2. The van der Waals surface area contributed by atoms with Crippen LogP contribution in [0.4, 0.5) is 5.82 Å². The molecule has 1 aliphatic heterocycles. The molecular weight excluding hydrogens is 242 g/mol. The Labute approximate surface area is 113 Å². The van der Waals surface area contributed by atoms with Gasteiger partial charge in [-0.1, -0.05) is 20.3 Å². The largest absolute Gasteiger partial charge is 0.337 e.